The molecule has 1 unspecified atom stereocenters. The molecule has 0 spiro atoms. The Bertz CT molecular complexity index is 1730. The molecule has 196 valence electrons. The van der Waals surface area contributed by atoms with Crippen molar-refractivity contribution in [1.82, 2.24) is 10.3 Å². The zero-order valence-electron chi connectivity index (χ0n) is 19.9. The molecule has 0 fully saturated rings. The van der Waals surface area contributed by atoms with Crippen molar-refractivity contribution in [2.24, 2.45) is 10.1 Å². The average Bonchev–Trinajstić information content (AvgIpc) is 3.42. The number of hydrazone groups is 1. The molecule has 0 radical (unpaired) electrons. The topological polar surface area (TPSA) is 70.2 Å². The lowest BCUT2D eigenvalue weighted by molar-refractivity contribution is -0.137. The molecule has 0 saturated carbocycles. The number of alkyl halides is 3. The first-order valence-corrected chi connectivity index (χ1v) is 13.1. The summed E-state index contributed by atoms with van der Waals surface area (Å²) in [6.45, 7) is 0. The molecule has 2 aliphatic heterocycles. The molecule has 6 nitrogen and oxygen atoms in total. The van der Waals surface area contributed by atoms with Crippen LogP contribution in [0.2, 0.25) is 5.02 Å². The molecular weight excluding hydrogens is 549 g/mol. The van der Waals surface area contributed by atoms with Gasteiger partial charge in [0, 0.05) is 21.6 Å². The summed E-state index contributed by atoms with van der Waals surface area (Å²) in [6.07, 6.45) is -5.32. The number of carbonyl (C=O) groups excluding carboxylic acids is 1. The van der Waals surface area contributed by atoms with Crippen molar-refractivity contribution in [3.63, 3.8) is 0 Å². The molecule has 6 rings (SSSR count). The van der Waals surface area contributed by atoms with Crippen molar-refractivity contribution >= 4 is 40.1 Å². The van der Waals surface area contributed by atoms with Crippen LogP contribution in [0.4, 0.5) is 13.2 Å². The van der Waals surface area contributed by atoms with Crippen LogP contribution in [0.5, 0.6) is 0 Å². The molecule has 1 atom stereocenters. The van der Waals surface area contributed by atoms with E-state index in [1.165, 1.54) is 22.8 Å². The molecule has 11 heteroatoms. The van der Waals surface area contributed by atoms with E-state index in [1.54, 1.807) is 48.5 Å². The monoisotopic (exact) mass is 566 g/mol. The number of thioether (sulfide) groups is 1. The van der Waals surface area contributed by atoms with E-state index in [2.05, 4.69) is 10.4 Å². The van der Waals surface area contributed by atoms with E-state index in [0.717, 1.165) is 17.7 Å². The molecule has 0 bridgehead atoms. The van der Waals surface area contributed by atoms with E-state index in [-0.39, 0.29) is 17.2 Å². The van der Waals surface area contributed by atoms with Crippen LogP contribution < -0.4 is 15.9 Å². The molecular formula is C28H18ClF3N4O2S. The Morgan fingerprint density at radius 3 is 2.59 bits per heavy atom. The SMILES string of the molecule is O=C1NC(SCc2ccc(Cl)cc2)=NN2C1=c1ccccc1=NC2c1ccc(-c2cccc(C(F)(F)F)c2)o1. The van der Waals surface area contributed by atoms with E-state index in [1.807, 2.05) is 18.2 Å². The van der Waals surface area contributed by atoms with Crippen molar-refractivity contribution in [3.8, 4) is 11.3 Å². The van der Waals surface area contributed by atoms with E-state index < -0.39 is 17.9 Å². The number of amidine groups is 1. The third kappa shape index (κ3) is 5.05. The summed E-state index contributed by atoms with van der Waals surface area (Å²) in [5.74, 6) is 0.767. The summed E-state index contributed by atoms with van der Waals surface area (Å²) in [6, 6.07) is 22.7. The summed E-state index contributed by atoms with van der Waals surface area (Å²) >= 11 is 7.32. The predicted molar refractivity (Wildman–Crippen MR) is 143 cm³/mol. The normalized spacial score (nSPS) is 16.7. The van der Waals surface area contributed by atoms with Crippen molar-refractivity contribution in [3.05, 3.63) is 117 Å². The zero-order chi connectivity index (χ0) is 27.1. The van der Waals surface area contributed by atoms with Gasteiger partial charge < -0.3 is 4.42 Å². The fraction of sp³-hybridized carbons (Fsp3) is 0.107. The number of amides is 1. The summed E-state index contributed by atoms with van der Waals surface area (Å²) < 4.78 is 45.8. The average molecular weight is 567 g/mol. The van der Waals surface area contributed by atoms with E-state index in [4.69, 9.17) is 21.0 Å². The molecule has 3 heterocycles. The highest BCUT2D eigenvalue weighted by atomic mass is 35.5. The predicted octanol–water partition coefficient (Wildman–Crippen LogP) is 5.70. The number of nitrogens with one attached hydrogen (secondary N) is 1. The summed E-state index contributed by atoms with van der Waals surface area (Å²) in [7, 11) is 0. The second-order valence-corrected chi connectivity index (χ2v) is 10.2. The van der Waals surface area contributed by atoms with Gasteiger partial charge in [-0.3, -0.25) is 10.1 Å². The van der Waals surface area contributed by atoms with Crippen LogP contribution >= 0.6 is 23.4 Å². The molecule has 1 amide bonds. The van der Waals surface area contributed by atoms with E-state index in [9.17, 15) is 18.0 Å². The third-order valence-electron chi connectivity index (χ3n) is 6.16. The third-order valence-corrected chi connectivity index (χ3v) is 7.35. The Balaban J connectivity index is 1.37. The minimum Gasteiger partial charge on any atom is -0.457 e. The Labute approximate surface area is 229 Å². The fourth-order valence-corrected chi connectivity index (χ4v) is 5.24. The van der Waals surface area contributed by atoms with Crippen LogP contribution in [0.15, 0.2) is 99.4 Å². The standard InChI is InChI=1S/C28H18ClF3N4O2S/c29-19-10-8-16(9-11-19)15-39-27-34-26(37)24-20-6-1-2-7-21(20)33-25(36(24)35-27)23-13-12-22(38-23)17-4-3-5-18(14-17)28(30,31)32/h1-14,25H,15H2,(H,34,35,37). The first-order valence-electron chi connectivity index (χ1n) is 11.8. The van der Waals surface area contributed by atoms with Gasteiger partial charge in [-0.15, -0.1) is 5.10 Å². The lowest BCUT2D eigenvalue weighted by Crippen LogP contribution is -2.50. The largest absolute Gasteiger partial charge is 0.457 e. The smallest absolute Gasteiger partial charge is 0.416 e. The molecule has 39 heavy (non-hydrogen) atoms. The minimum absolute atomic E-state index is 0.245. The number of rotatable bonds is 4. The minimum atomic E-state index is -4.48. The lowest BCUT2D eigenvalue weighted by atomic mass is 10.1. The van der Waals surface area contributed by atoms with E-state index in [0.29, 0.717) is 38.0 Å². The van der Waals surface area contributed by atoms with Gasteiger partial charge in [-0.25, -0.2) is 10.0 Å². The molecule has 2 aliphatic rings. The van der Waals surface area contributed by atoms with E-state index >= 15 is 0 Å². The Kier molecular flexibility index (Phi) is 6.44. The number of furan rings is 1. The summed E-state index contributed by atoms with van der Waals surface area (Å²) in [5.41, 5.74) is 0.802. The van der Waals surface area contributed by atoms with Gasteiger partial charge in [0.15, 0.2) is 10.9 Å². The van der Waals surface area contributed by atoms with Gasteiger partial charge in [0.2, 0.25) is 6.17 Å². The van der Waals surface area contributed by atoms with Gasteiger partial charge in [0.25, 0.3) is 5.91 Å². The van der Waals surface area contributed by atoms with Crippen LogP contribution in [0.3, 0.4) is 0 Å². The zero-order valence-corrected chi connectivity index (χ0v) is 21.5. The highest BCUT2D eigenvalue weighted by molar-refractivity contribution is 8.13. The maximum atomic E-state index is 13.3. The summed E-state index contributed by atoms with van der Waals surface area (Å²) in [5, 5.41) is 11.2. The van der Waals surface area contributed by atoms with Crippen molar-refractivity contribution in [1.29, 1.82) is 0 Å². The van der Waals surface area contributed by atoms with Crippen molar-refractivity contribution < 1.29 is 22.4 Å². The molecule has 4 aromatic rings. The number of halogens is 4. The molecule has 1 aromatic heterocycles. The van der Waals surface area contributed by atoms with Crippen molar-refractivity contribution in [2.45, 2.75) is 18.1 Å². The van der Waals surface area contributed by atoms with Crippen molar-refractivity contribution in [2.75, 3.05) is 0 Å². The highest BCUT2D eigenvalue weighted by Crippen LogP contribution is 2.36. The maximum Gasteiger partial charge on any atom is 0.416 e. The Morgan fingerprint density at radius 1 is 1.00 bits per heavy atom. The number of hydrogen-bond acceptors (Lipinski definition) is 6. The highest BCUT2D eigenvalue weighted by Gasteiger charge is 2.36. The number of carbonyl (C=O) groups is 1. The first kappa shape index (κ1) is 25.3. The van der Waals surface area contributed by atoms with Crippen LogP contribution in [0.1, 0.15) is 23.1 Å². The van der Waals surface area contributed by atoms with Gasteiger partial charge in [0.1, 0.15) is 11.5 Å². The second kappa shape index (κ2) is 9.94. The molecule has 0 saturated heterocycles. The maximum absolute atomic E-state index is 13.3. The van der Waals surface area contributed by atoms with Gasteiger partial charge in [0.05, 0.1) is 10.9 Å². The Morgan fingerprint density at radius 2 is 1.79 bits per heavy atom. The van der Waals surface area contributed by atoms with Gasteiger partial charge in [-0.1, -0.05) is 65.8 Å². The van der Waals surface area contributed by atoms with Gasteiger partial charge in [-0.05, 0) is 48.0 Å². The van der Waals surface area contributed by atoms with Crippen LogP contribution in [0.25, 0.3) is 17.0 Å². The summed E-state index contributed by atoms with van der Waals surface area (Å²) in [4.78, 5) is 18.1. The number of nitrogens with zero attached hydrogens (tertiary/aromatic N) is 3. The van der Waals surface area contributed by atoms with Gasteiger partial charge in [-0.2, -0.15) is 13.2 Å². The molecule has 0 aliphatic carbocycles. The second-order valence-electron chi connectivity index (χ2n) is 8.77. The van der Waals surface area contributed by atoms with Crippen LogP contribution in [-0.4, -0.2) is 16.1 Å². The fourth-order valence-electron chi connectivity index (χ4n) is 4.31. The first-order chi connectivity index (χ1) is 18.8. The molecule has 3 aromatic carbocycles. The van der Waals surface area contributed by atoms with Crippen LogP contribution in [0, 0.1) is 0 Å². The number of hydrogen-bond donors (Lipinski definition) is 1. The number of benzene rings is 3. The molecule has 1 N–H and O–H groups in total. The van der Waals surface area contributed by atoms with Gasteiger partial charge >= 0.3 is 6.18 Å². The quantitative estimate of drug-likeness (QED) is 0.344. The Hall–Kier alpha value is -4.02. The van der Waals surface area contributed by atoms with Crippen LogP contribution in [-0.2, 0) is 16.7 Å². The lowest BCUT2D eigenvalue weighted by Gasteiger charge is -2.32. The number of fused-ring (bicyclic) bond motifs is 2. The number of para-hydroxylation sites is 1.